The summed E-state index contributed by atoms with van der Waals surface area (Å²) in [4.78, 5) is 17.0. The quantitative estimate of drug-likeness (QED) is 0.732. The second-order valence-corrected chi connectivity index (χ2v) is 6.95. The van der Waals surface area contributed by atoms with Crippen LogP contribution in [0.4, 0.5) is 0 Å². The van der Waals surface area contributed by atoms with Gasteiger partial charge in [0.15, 0.2) is 0 Å². The maximum absolute atomic E-state index is 12.4. The fraction of sp³-hybridized carbons (Fsp3) is 0.650. The van der Waals surface area contributed by atoms with Crippen LogP contribution in [0.15, 0.2) is 18.2 Å². The highest BCUT2D eigenvalue weighted by atomic mass is 16.5. The Morgan fingerprint density at radius 2 is 1.84 bits per heavy atom. The molecule has 1 amide bonds. The molecule has 1 heterocycles. The lowest BCUT2D eigenvalue weighted by atomic mass is 10.0. The lowest BCUT2D eigenvalue weighted by Gasteiger charge is -2.34. The normalized spacial score (nSPS) is 17.4. The number of carbonyl (C=O) groups is 1. The molecule has 0 spiro atoms. The molecule has 1 aromatic rings. The van der Waals surface area contributed by atoms with Crippen LogP contribution in [0.3, 0.4) is 0 Å². The van der Waals surface area contributed by atoms with E-state index in [1.165, 1.54) is 11.1 Å². The van der Waals surface area contributed by atoms with Gasteiger partial charge in [0.05, 0.1) is 19.2 Å². The third kappa shape index (κ3) is 6.42. The Hall–Kier alpha value is -1.43. The fourth-order valence-electron chi connectivity index (χ4n) is 3.12. The number of benzene rings is 1. The summed E-state index contributed by atoms with van der Waals surface area (Å²) in [5, 5.41) is 3.13. The Kier molecular flexibility index (Phi) is 7.88. The first kappa shape index (κ1) is 19.9. The average molecular weight is 348 g/mol. The summed E-state index contributed by atoms with van der Waals surface area (Å²) in [5.74, 6) is 0.105. The molecule has 2 rings (SSSR count). The number of nitrogens with one attached hydrogen (secondary N) is 1. The van der Waals surface area contributed by atoms with Gasteiger partial charge < -0.3 is 10.1 Å². The van der Waals surface area contributed by atoms with Gasteiger partial charge in [-0.1, -0.05) is 18.2 Å². The van der Waals surface area contributed by atoms with Crippen molar-refractivity contribution in [1.82, 2.24) is 15.1 Å². The highest BCUT2D eigenvalue weighted by Gasteiger charge is 2.19. The van der Waals surface area contributed by atoms with E-state index in [9.17, 15) is 4.79 Å². The van der Waals surface area contributed by atoms with E-state index in [-0.39, 0.29) is 11.9 Å². The molecule has 1 N–H and O–H groups in total. The van der Waals surface area contributed by atoms with Gasteiger partial charge in [-0.3, -0.25) is 14.6 Å². The second-order valence-electron chi connectivity index (χ2n) is 6.95. The van der Waals surface area contributed by atoms with Crippen LogP contribution in [-0.2, 0) is 9.53 Å². The predicted molar refractivity (Wildman–Crippen MR) is 102 cm³/mol. The number of carbonyl (C=O) groups excluding carboxylic acids is 1. The zero-order valence-electron chi connectivity index (χ0n) is 16.2. The Balaban J connectivity index is 1.72. The van der Waals surface area contributed by atoms with Crippen molar-refractivity contribution in [3.05, 3.63) is 34.9 Å². The smallest absolute Gasteiger partial charge is 0.234 e. The van der Waals surface area contributed by atoms with Crippen LogP contribution in [-0.4, -0.2) is 68.2 Å². The molecular formula is C20H33N3O2. The van der Waals surface area contributed by atoms with Crippen molar-refractivity contribution < 1.29 is 9.53 Å². The topological polar surface area (TPSA) is 44.8 Å². The van der Waals surface area contributed by atoms with Crippen molar-refractivity contribution in [1.29, 1.82) is 0 Å². The molecule has 1 saturated heterocycles. The molecule has 5 nitrogen and oxygen atoms in total. The molecule has 1 aromatic carbocycles. The van der Waals surface area contributed by atoms with Gasteiger partial charge in [-0.05, 0) is 44.4 Å². The van der Waals surface area contributed by atoms with E-state index < -0.39 is 0 Å². The molecule has 25 heavy (non-hydrogen) atoms. The number of rotatable bonds is 8. The molecule has 1 aliphatic heterocycles. The summed E-state index contributed by atoms with van der Waals surface area (Å²) in [6.45, 7) is 15.2. The fourth-order valence-corrected chi connectivity index (χ4v) is 3.12. The van der Waals surface area contributed by atoms with Gasteiger partial charge in [-0.2, -0.15) is 0 Å². The van der Waals surface area contributed by atoms with Crippen molar-refractivity contribution in [2.45, 2.75) is 33.7 Å². The lowest BCUT2D eigenvalue weighted by molar-refractivity contribution is -0.123. The number of hydrogen-bond acceptors (Lipinski definition) is 4. The maximum atomic E-state index is 12.4. The minimum absolute atomic E-state index is 0.0410. The van der Waals surface area contributed by atoms with Gasteiger partial charge in [-0.25, -0.2) is 0 Å². The van der Waals surface area contributed by atoms with Gasteiger partial charge in [0.25, 0.3) is 0 Å². The second kappa shape index (κ2) is 9.90. The minimum atomic E-state index is 0.0410. The Morgan fingerprint density at radius 3 is 2.48 bits per heavy atom. The van der Waals surface area contributed by atoms with Gasteiger partial charge in [0.2, 0.25) is 5.91 Å². The van der Waals surface area contributed by atoms with E-state index >= 15 is 0 Å². The van der Waals surface area contributed by atoms with Crippen LogP contribution in [0.5, 0.6) is 0 Å². The number of amides is 1. The molecule has 0 radical (unpaired) electrons. The summed E-state index contributed by atoms with van der Waals surface area (Å²) in [6, 6.07) is 6.43. The van der Waals surface area contributed by atoms with Crippen molar-refractivity contribution in [2.24, 2.45) is 0 Å². The first-order chi connectivity index (χ1) is 12.0. The highest BCUT2D eigenvalue weighted by Crippen LogP contribution is 2.16. The van der Waals surface area contributed by atoms with Crippen LogP contribution in [0.25, 0.3) is 0 Å². The molecule has 140 valence electrons. The van der Waals surface area contributed by atoms with E-state index in [1.54, 1.807) is 0 Å². The molecule has 0 saturated carbocycles. The van der Waals surface area contributed by atoms with Crippen LogP contribution in [0, 0.1) is 13.8 Å². The van der Waals surface area contributed by atoms with Crippen LogP contribution in [0.2, 0.25) is 0 Å². The maximum Gasteiger partial charge on any atom is 0.234 e. The molecule has 0 unspecified atom stereocenters. The standard InChI is InChI=1S/C20H33N3O2/c1-5-25-13-12-22-8-10-23(11-9-22)15-20(24)21-18(4)19-7-6-16(2)17(3)14-19/h6-7,14,18H,5,8-13,15H2,1-4H3,(H,21,24)/t18-/m0/s1. The van der Waals surface area contributed by atoms with Crippen molar-refractivity contribution in [3.8, 4) is 0 Å². The number of ether oxygens (including phenoxy) is 1. The summed E-state index contributed by atoms with van der Waals surface area (Å²) < 4.78 is 5.41. The zero-order valence-corrected chi connectivity index (χ0v) is 16.2. The van der Waals surface area contributed by atoms with Gasteiger partial charge >= 0.3 is 0 Å². The summed E-state index contributed by atoms with van der Waals surface area (Å²) in [6.07, 6.45) is 0. The van der Waals surface area contributed by atoms with Crippen LogP contribution in [0.1, 0.15) is 36.6 Å². The van der Waals surface area contributed by atoms with Gasteiger partial charge in [-0.15, -0.1) is 0 Å². The molecule has 5 heteroatoms. The van der Waals surface area contributed by atoms with Crippen molar-refractivity contribution in [2.75, 3.05) is 52.5 Å². The average Bonchev–Trinajstić information content (AvgIpc) is 2.59. The van der Waals surface area contributed by atoms with Gasteiger partial charge in [0, 0.05) is 39.3 Å². The molecule has 1 atom stereocenters. The molecule has 0 aromatic heterocycles. The van der Waals surface area contributed by atoms with Crippen LogP contribution < -0.4 is 5.32 Å². The summed E-state index contributed by atoms with van der Waals surface area (Å²) in [7, 11) is 0. The third-order valence-electron chi connectivity index (χ3n) is 5.00. The Labute approximate surface area is 152 Å². The van der Waals surface area contributed by atoms with Crippen molar-refractivity contribution in [3.63, 3.8) is 0 Å². The number of hydrogen-bond donors (Lipinski definition) is 1. The molecular weight excluding hydrogens is 314 g/mol. The molecule has 1 aliphatic rings. The van der Waals surface area contributed by atoms with Gasteiger partial charge in [0.1, 0.15) is 0 Å². The molecule has 0 aliphatic carbocycles. The minimum Gasteiger partial charge on any atom is -0.380 e. The molecule has 0 bridgehead atoms. The predicted octanol–water partition coefficient (Wildman–Crippen LogP) is 2.13. The first-order valence-electron chi connectivity index (χ1n) is 9.38. The largest absolute Gasteiger partial charge is 0.380 e. The van der Waals surface area contributed by atoms with E-state index in [0.717, 1.165) is 51.5 Å². The summed E-state index contributed by atoms with van der Waals surface area (Å²) in [5.41, 5.74) is 3.71. The van der Waals surface area contributed by atoms with Crippen LogP contribution >= 0.6 is 0 Å². The Morgan fingerprint density at radius 1 is 1.16 bits per heavy atom. The zero-order chi connectivity index (χ0) is 18.2. The van der Waals surface area contributed by atoms with E-state index in [0.29, 0.717) is 6.54 Å². The monoisotopic (exact) mass is 347 g/mol. The molecule has 1 fully saturated rings. The SMILES string of the molecule is CCOCCN1CCN(CC(=O)N[C@@H](C)c2ccc(C)c(C)c2)CC1. The van der Waals surface area contributed by atoms with Crippen molar-refractivity contribution >= 4 is 5.91 Å². The van der Waals surface area contributed by atoms with E-state index in [4.69, 9.17) is 4.74 Å². The summed E-state index contributed by atoms with van der Waals surface area (Å²) >= 11 is 0. The van der Waals surface area contributed by atoms with E-state index in [2.05, 4.69) is 47.2 Å². The first-order valence-corrected chi connectivity index (χ1v) is 9.38. The Bertz CT molecular complexity index is 554. The van der Waals surface area contributed by atoms with E-state index in [1.807, 2.05) is 13.8 Å². The lowest BCUT2D eigenvalue weighted by Crippen LogP contribution is -2.50. The third-order valence-corrected chi connectivity index (χ3v) is 5.00. The number of aryl methyl sites for hydroxylation is 2. The number of nitrogens with zero attached hydrogens (tertiary/aromatic N) is 2. The number of piperazine rings is 1. The highest BCUT2D eigenvalue weighted by molar-refractivity contribution is 5.78.